The van der Waals surface area contributed by atoms with Crippen LogP contribution in [0.5, 0.6) is 0 Å². The van der Waals surface area contributed by atoms with Crippen LogP contribution >= 0.6 is 0 Å². The van der Waals surface area contributed by atoms with Crippen molar-refractivity contribution in [1.29, 1.82) is 0 Å². The number of amides is 1. The summed E-state index contributed by atoms with van der Waals surface area (Å²) >= 11 is 0. The van der Waals surface area contributed by atoms with Crippen molar-refractivity contribution in [1.82, 2.24) is 4.90 Å². The van der Waals surface area contributed by atoms with Crippen LogP contribution in [0.2, 0.25) is 0 Å². The van der Waals surface area contributed by atoms with Gasteiger partial charge in [0.1, 0.15) is 0 Å². The summed E-state index contributed by atoms with van der Waals surface area (Å²) < 4.78 is 5.23. The van der Waals surface area contributed by atoms with E-state index in [-0.39, 0.29) is 5.91 Å². The van der Waals surface area contributed by atoms with E-state index in [1.165, 1.54) is 5.56 Å². The number of benzene rings is 1. The maximum absolute atomic E-state index is 12.1. The summed E-state index contributed by atoms with van der Waals surface area (Å²) in [6.07, 6.45) is 1.01. The lowest BCUT2D eigenvalue weighted by atomic mass is 10.1. The molecule has 16 heavy (non-hydrogen) atoms. The maximum Gasteiger partial charge on any atom is 0.254 e. The van der Waals surface area contributed by atoms with Gasteiger partial charge < -0.3 is 9.64 Å². The Bertz CT molecular complexity index is 353. The highest BCUT2D eigenvalue weighted by Gasteiger charge is 2.17. The molecule has 1 saturated heterocycles. The van der Waals surface area contributed by atoms with Crippen LogP contribution in [0, 0.1) is 0 Å². The Balaban J connectivity index is 2.07. The van der Waals surface area contributed by atoms with Gasteiger partial charge in [0.25, 0.3) is 5.91 Å². The minimum Gasteiger partial charge on any atom is -0.378 e. The first-order valence-corrected chi connectivity index (χ1v) is 5.77. The molecule has 1 amide bonds. The molecule has 0 spiro atoms. The van der Waals surface area contributed by atoms with Crippen LogP contribution in [-0.4, -0.2) is 37.1 Å². The fourth-order valence-corrected chi connectivity index (χ4v) is 1.83. The molecule has 0 atom stereocenters. The third-order valence-corrected chi connectivity index (χ3v) is 2.91. The lowest BCUT2D eigenvalue weighted by Gasteiger charge is -2.26. The van der Waals surface area contributed by atoms with Gasteiger partial charge >= 0.3 is 0 Å². The molecule has 1 aromatic rings. The number of carbonyl (C=O) groups excluding carboxylic acids is 1. The van der Waals surface area contributed by atoms with E-state index >= 15 is 0 Å². The maximum atomic E-state index is 12.1. The second kappa shape index (κ2) is 5.12. The van der Waals surface area contributed by atoms with Crippen LogP contribution in [0.15, 0.2) is 24.3 Å². The van der Waals surface area contributed by atoms with Gasteiger partial charge in [-0.25, -0.2) is 0 Å². The molecule has 1 heterocycles. The number of nitrogens with zero attached hydrogens (tertiary/aromatic N) is 1. The van der Waals surface area contributed by atoms with Gasteiger partial charge in [-0.15, -0.1) is 0 Å². The Hall–Kier alpha value is -1.35. The average molecular weight is 219 g/mol. The van der Waals surface area contributed by atoms with Crippen LogP contribution in [0.4, 0.5) is 0 Å². The molecule has 3 heteroatoms. The zero-order chi connectivity index (χ0) is 11.4. The van der Waals surface area contributed by atoms with Gasteiger partial charge in [0, 0.05) is 18.7 Å². The molecule has 1 aliphatic rings. The standard InChI is InChI=1S/C13H17NO2/c1-2-11-3-5-12(6-4-11)13(15)14-7-9-16-10-8-14/h3-6H,2,7-10H2,1H3. The van der Waals surface area contributed by atoms with Gasteiger partial charge in [0.05, 0.1) is 13.2 Å². The number of aryl methyl sites for hydroxylation is 1. The summed E-state index contributed by atoms with van der Waals surface area (Å²) in [5, 5.41) is 0. The normalized spacial score (nSPS) is 16.2. The van der Waals surface area contributed by atoms with Crippen molar-refractivity contribution in [3.8, 4) is 0 Å². The number of morpholine rings is 1. The molecule has 0 saturated carbocycles. The van der Waals surface area contributed by atoms with E-state index in [0.717, 1.165) is 12.0 Å². The zero-order valence-corrected chi connectivity index (χ0v) is 9.61. The first-order chi connectivity index (χ1) is 7.81. The number of rotatable bonds is 2. The quantitative estimate of drug-likeness (QED) is 0.758. The third-order valence-electron chi connectivity index (χ3n) is 2.91. The lowest BCUT2D eigenvalue weighted by molar-refractivity contribution is 0.0303. The fraction of sp³-hybridized carbons (Fsp3) is 0.462. The lowest BCUT2D eigenvalue weighted by Crippen LogP contribution is -2.40. The van der Waals surface area contributed by atoms with Gasteiger partial charge in [-0.05, 0) is 24.1 Å². The van der Waals surface area contributed by atoms with Gasteiger partial charge in [0.15, 0.2) is 0 Å². The molecule has 0 radical (unpaired) electrons. The second-order valence-electron chi connectivity index (χ2n) is 3.96. The molecular formula is C13H17NO2. The topological polar surface area (TPSA) is 29.5 Å². The summed E-state index contributed by atoms with van der Waals surface area (Å²) in [6, 6.07) is 7.87. The molecule has 3 nitrogen and oxygen atoms in total. The second-order valence-corrected chi connectivity index (χ2v) is 3.96. The predicted molar refractivity (Wildman–Crippen MR) is 62.5 cm³/mol. The molecule has 0 N–H and O–H groups in total. The molecule has 86 valence electrons. The first-order valence-electron chi connectivity index (χ1n) is 5.77. The summed E-state index contributed by atoms with van der Waals surface area (Å²) in [5.41, 5.74) is 2.04. The minimum absolute atomic E-state index is 0.117. The van der Waals surface area contributed by atoms with Crippen molar-refractivity contribution in [2.24, 2.45) is 0 Å². The fourth-order valence-electron chi connectivity index (χ4n) is 1.83. The van der Waals surface area contributed by atoms with Crippen LogP contribution in [0.1, 0.15) is 22.8 Å². The highest BCUT2D eigenvalue weighted by molar-refractivity contribution is 5.94. The Kier molecular flexibility index (Phi) is 3.57. The van der Waals surface area contributed by atoms with Crippen LogP contribution in [0.25, 0.3) is 0 Å². The van der Waals surface area contributed by atoms with E-state index in [4.69, 9.17) is 4.74 Å². The van der Waals surface area contributed by atoms with E-state index in [2.05, 4.69) is 6.92 Å². The summed E-state index contributed by atoms with van der Waals surface area (Å²) in [7, 11) is 0. The van der Waals surface area contributed by atoms with E-state index in [1.807, 2.05) is 29.2 Å². The summed E-state index contributed by atoms with van der Waals surface area (Å²) in [6.45, 7) is 4.82. The van der Waals surface area contributed by atoms with E-state index in [0.29, 0.717) is 26.3 Å². The highest BCUT2D eigenvalue weighted by Crippen LogP contribution is 2.09. The van der Waals surface area contributed by atoms with Crippen LogP contribution in [-0.2, 0) is 11.2 Å². The molecule has 0 unspecified atom stereocenters. The van der Waals surface area contributed by atoms with Gasteiger partial charge in [-0.1, -0.05) is 19.1 Å². The van der Waals surface area contributed by atoms with Crippen molar-refractivity contribution >= 4 is 5.91 Å². The number of carbonyl (C=O) groups is 1. The number of hydrogen-bond donors (Lipinski definition) is 0. The van der Waals surface area contributed by atoms with E-state index in [9.17, 15) is 4.79 Å². The Morgan fingerprint density at radius 1 is 1.25 bits per heavy atom. The van der Waals surface area contributed by atoms with Crippen LogP contribution < -0.4 is 0 Å². The van der Waals surface area contributed by atoms with Gasteiger partial charge in [-0.3, -0.25) is 4.79 Å². The highest BCUT2D eigenvalue weighted by atomic mass is 16.5. The monoisotopic (exact) mass is 219 g/mol. The van der Waals surface area contributed by atoms with Crippen molar-refractivity contribution in [2.45, 2.75) is 13.3 Å². The molecule has 0 aromatic heterocycles. The van der Waals surface area contributed by atoms with E-state index < -0.39 is 0 Å². The zero-order valence-electron chi connectivity index (χ0n) is 9.61. The Morgan fingerprint density at radius 3 is 2.44 bits per heavy atom. The predicted octanol–water partition coefficient (Wildman–Crippen LogP) is 1.72. The molecule has 1 fully saturated rings. The molecule has 2 rings (SSSR count). The molecule has 0 bridgehead atoms. The SMILES string of the molecule is CCc1ccc(C(=O)N2CCOCC2)cc1. The third kappa shape index (κ3) is 2.42. The van der Waals surface area contributed by atoms with Crippen molar-refractivity contribution in [2.75, 3.05) is 26.3 Å². The molecule has 0 aliphatic carbocycles. The molecule has 1 aromatic carbocycles. The largest absolute Gasteiger partial charge is 0.378 e. The summed E-state index contributed by atoms with van der Waals surface area (Å²) in [4.78, 5) is 13.9. The molecular weight excluding hydrogens is 202 g/mol. The van der Waals surface area contributed by atoms with Crippen molar-refractivity contribution in [3.05, 3.63) is 35.4 Å². The minimum atomic E-state index is 0.117. The number of hydrogen-bond acceptors (Lipinski definition) is 2. The first kappa shape index (κ1) is 11.1. The van der Waals surface area contributed by atoms with E-state index in [1.54, 1.807) is 0 Å². The number of ether oxygens (including phenoxy) is 1. The van der Waals surface area contributed by atoms with Crippen molar-refractivity contribution < 1.29 is 9.53 Å². The van der Waals surface area contributed by atoms with Crippen molar-refractivity contribution in [3.63, 3.8) is 0 Å². The van der Waals surface area contributed by atoms with Gasteiger partial charge in [-0.2, -0.15) is 0 Å². The van der Waals surface area contributed by atoms with Crippen LogP contribution in [0.3, 0.4) is 0 Å². The van der Waals surface area contributed by atoms with Gasteiger partial charge in [0.2, 0.25) is 0 Å². The smallest absolute Gasteiger partial charge is 0.254 e. The Morgan fingerprint density at radius 2 is 1.88 bits per heavy atom. The average Bonchev–Trinajstić information content (AvgIpc) is 2.39. The molecule has 1 aliphatic heterocycles. The summed E-state index contributed by atoms with van der Waals surface area (Å²) in [5.74, 6) is 0.117. The Labute approximate surface area is 96.0 Å².